The number of carbonyl (C=O) groups is 5. The molecular weight excluding hydrogens is 857 g/mol. The molecule has 0 saturated carbocycles. The maximum atomic E-state index is 13.7. The zero-order valence-electron chi connectivity index (χ0n) is 37.5. The van der Waals surface area contributed by atoms with Gasteiger partial charge in [0, 0.05) is 29.4 Å². The van der Waals surface area contributed by atoms with Crippen molar-refractivity contribution in [3.8, 4) is 28.7 Å². The molecule has 0 fully saturated rings. The summed E-state index contributed by atoms with van der Waals surface area (Å²) in [6, 6.07) is 29.0. The first-order chi connectivity index (χ1) is 32.5. The minimum absolute atomic E-state index is 0.0429. The SMILES string of the molecule is C=CC(=O)OCCCCCCOc1ccc(C(=O)Oc2cc(/C=N/Nc3ccc4ccccc4c3)c(OC(=O)c3ccc(OCCCCCCOC(=O)C=C)cc3)c(OC(=O)C(=C)C)c2)cc1. The fourth-order valence-corrected chi connectivity index (χ4v) is 6.21. The van der Waals surface area contributed by atoms with E-state index in [2.05, 4.69) is 30.3 Å². The van der Waals surface area contributed by atoms with Gasteiger partial charge in [0.05, 0.1) is 49.5 Å². The molecule has 14 nitrogen and oxygen atoms in total. The minimum atomic E-state index is -0.819. The smallest absolute Gasteiger partial charge is 0.343 e. The van der Waals surface area contributed by atoms with E-state index in [0.717, 1.165) is 74.3 Å². The van der Waals surface area contributed by atoms with Crippen LogP contribution in [0, 0.1) is 0 Å². The Hall–Kier alpha value is -8.00. The second-order valence-electron chi connectivity index (χ2n) is 15.0. The molecule has 0 aromatic heterocycles. The van der Waals surface area contributed by atoms with Crippen LogP contribution in [0.1, 0.15) is 84.6 Å². The fourth-order valence-electron chi connectivity index (χ4n) is 6.21. The highest BCUT2D eigenvalue weighted by Crippen LogP contribution is 2.37. The number of rotatable bonds is 27. The summed E-state index contributed by atoms with van der Waals surface area (Å²) in [5.41, 5.74) is 4.21. The number of fused-ring (bicyclic) bond motifs is 1. The van der Waals surface area contributed by atoms with Crippen LogP contribution in [-0.4, -0.2) is 62.5 Å². The summed E-state index contributed by atoms with van der Waals surface area (Å²) < 4.78 is 39.1. The molecule has 0 bridgehead atoms. The van der Waals surface area contributed by atoms with Gasteiger partial charge in [0.2, 0.25) is 0 Å². The van der Waals surface area contributed by atoms with Gasteiger partial charge in [-0.2, -0.15) is 5.10 Å². The number of esters is 5. The number of anilines is 1. The van der Waals surface area contributed by atoms with Crippen molar-refractivity contribution < 1.29 is 57.1 Å². The Morgan fingerprint density at radius 2 is 1.09 bits per heavy atom. The van der Waals surface area contributed by atoms with Crippen molar-refractivity contribution in [3.05, 3.63) is 157 Å². The van der Waals surface area contributed by atoms with E-state index in [1.807, 2.05) is 42.5 Å². The van der Waals surface area contributed by atoms with Gasteiger partial charge in [-0.1, -0.05) is 50.1 Å². The lowest BCUT2D eigenvalue weighted by atomic mass is 10.1. The van der Waals surface area contributed by atoms with E-state index in [-0.39, 0.29) is 39.5 Å². The number of benzene rings is 5. The zero-order valence-corrected chi connectivity index (χ0v) is 37.5. The molecule has 348 valence electrons. The molecule has 0 unspecified atom stereocenters. The molecule has 0 heterocycles. The van der Waals surface area contributed by atoms with E-state index >= 15 is 0 Å². The monoisotopic (exact) mass is 910 g/mol. The molecule has 0 atom stereocenters. The predicted octanol–water partition coefficient (Wildman–Crippen LogP) is 10.5. The Morgan fingerprint density at radius 1 is 0.567 bits per heavy atom. The van der Waals surface area contributed by atoms with Gasteiger partial charge in [-0.15, -0.1) is 0 Å². The molecule has 0 spiro atoms. The number of hydrogen-bond acceptors (Lipinski definition) is 14. The summed E-state index contributed by atoms with van der Waals surface area (Å²) in [4.78, 5) is 62.5. The lowest BCUT2D eigenvalue weighted by Crippen LogP contribution is -2.15. The van der Waals surface area contributed by atoms with Gasteiger partial charge >= 0.3 is 29.8 Å². The molecule has 0 saturated heterocycles. The predicted molar refractivity (Wildman–Crippen MR) is 255 cm³/mol. The molecule has 5 aromatic carbocycles. The number of carbonyl (C=O) groups excluding carboxylic acids is 5. The number of hydrazone groups is 1. The molecule has 5 rings (SSSR count). The van der Waals surface area contributed by atoms with Crippen LogP contribution >= 0.6 is 0 Å². The maximum absolute atomic E-state index is 13.7. The van der Waals surface area contributed by atoms with E-state index in [1.54, 1.807) is 48.5 Å². The van der Waals surface area contributed by atoms with E-state index in [4.69, 9.17) is 33.2 Å². The Bertz CT molecular complexity index is 2550. The van der Waals surface area contributed by atoms with Crippen LogP contribution in [0.5, 0.6) is 28.7 Å². The lowest BCUT2D eigenvalue weighted by molar-refractivity contribution is -0.138. The van der Waals surface area contributed by atoms with Crippen molar-refractivity contribution in [1.29, 1.82) is 0 Å². The Labute approximate surface area is 389 Å². The van der Waals surface area contributed by atoms with Crippen molar-refractivity contribution in [2.75, 3.05) is 31.9 Å². The summed E-state index contributed by atoms with van der Waals surface area (Å²) in [6.07, 6.45) is 10.2. The van der Waals surface area contributed by atoms with Gasteiger partial charge in [0.25, 0.3) is 0 Å². The molecule has 0 radical (unpaired) electrons. The van der Waals surface area contributed by atoms with Crippen molar-refractivity contribution in [1.82, 2.24) is 0 Å². The number of ether oxygens (including phenoxy) is 7. The van der Waals surface area contributed by atoms with E-state index in [0.29, 0.717) is 43.6 Å². The van der Waals surface area contributed by atoms with Crippen molar-refractivity contribution in [3.63, 3.8) is 0 Å². The molecule has 0 aliphatic heterocycles. The summed E-state index contributed by atoms with van der Waals surface area (Å²) in [6.45, 7) is 13.5. The molecule has 5 aromatic rings. The Morgan fingerprint density at radius 3 is 1.63 bits per heavy atom. The topological polar surface area (TPSA) is 174 Å². The highest BCUT2D eigenvalue weighted by atomic mass is 16.6. The van der Waals surface area contributed by atoms with Crippen LogP contribution in [0.25, 0.3) is 10.8 Å². The van der Waals surface area contributed by atoms with E-state index < -0.39 is 29.8 Å². The van der Waals surface area contributed by atoms with Crippen LogP contribution in [0.15, 0.2) is 146 Å². The first kappa shape index (κ1) is 50.0. The van der Waals surface area contributed by atoms with Gasteiger partial charge in [-0.25, -0.2) is 24.0 Å². The normalized spacial score (nSPS) is 10.7. The van der Waals surface area contributed by atoms with E-state index in [1.165, 1.54) is 25.3 Å². The molecule has 0 aliphatic rings. The zero-order chi connectivity index (χ0) is 47.8. The Kier molecular flexibility index (Phi) is 19.9. The Balaban J connectivity index is 1.30. The largest absolute Gasteiger partial charge is 0.494 e. The highest BCUT2D eigenvalue weighted by Gasteiger charge is 2.23. The molecule has 0 aliphatic carbocycles. The van der Waals surface area contributed by atoms with Gasteiger partial charge in [-0.05, 0) is 136 Å². The van der Waals surface area contributed by atoms with Crippen molar-refractivity contribution >= 4 is 52.5 Å². The fraction of sp³-hybridized carbons (Fsp3) is 0.245. The molecular formula is C53H54N2O12. The first-order valence-electron chi connectivity index (χ1n) is 21.8. The average Bonchev–Trinajstić information content (AvgIpc) is 3.34. The number of hydrogen-bond donors (Lipinski definition) is 1. The standard InChI is InChI=1S/C53H54N2O12/c1-5-48(56)63-31-15-9-7-13-29-61-44-25-20-39(21-26-44)52(59)65-46-34-42(36-54-55-43-24-19-38-17-11-12-18-41(38)33-43)50(47(35-46)66-51(58)37(3)4)67-53(60)40-22-27-45(28-23-40)62-30-14-8-10-16-32-64-49(57)6-2/h5-6,11-12,17-28,33-36,55H,1-3,7-10,13-16,29-32H2,4H3/b54-36+. The number of unbranched alkanes of at least 4 members (excludes halogenated alkanes) is 6. The number of nitrogens with zero attached hydrogens (tertiary/aromatic N) is 1. The third-order valence-corrected chi connectivity index (χ3v) is 9.78. The van der Waals surface area contributed by atoms with Crippen LogP contribution < -0.4 is 29.1 Å². The summed E-state index contributed by atoms with van der Waals surface area (Å²) in [7, 11) is 0. The van der Waals surface area contributed by atoms with Crippen LogP contribution in [0.4, 0.5) is 5.69 Å². The summed E-state index contributed by atoms with van der Waals surface area (Å²) >= 11 is 0. The molecule has 1 N–H and O–H groups in total. The van der Waals surface area contributed by atoms with Crippen LogP contribution in [-0.2, 0) is 23.9 Å². The van der Waals surface area contributed by atoms with Crippen molar-refractivity contribution in [2.24, 2.45) is 5.10 Å². The summed E-state index contributed by atoms with van der Waals surface area (Å²) in [5.74, 6) is -2.56. The third kappa shape index (κ3) is 16.8. The first-order valence-corrected chi connectivity index (χ1v) is 21.8. The van der Waals surface area contributed by atoms with Gasteiger partial charge < -0.3 is 33.2 Å². The molecule has 0 amide bonds. The number of nitrogens with one attached hydrogen (secondary N) is 1. The summed E-state index contributed by atoms with van der Waals surface area (Å²) in [5, 5.41) is 6.42. The van der Waals surface area contributed by atoms with E-state index in [9.17, 15) is 24.0 Å². The maximum Gasteiger partial charge on any atom is 0.343 e. The molecule has 67 heavy (non-hydrogen) atoms. The third-order valence-electron chi connectivity index (χ3n) is 9.78. The highest BCUT2D eigenvalue weighted by molar-refractivity contribution is 5.97. The second-order valence-corrected chi connectivity index (χ2v) is 15.0. The van der Waals surface area contributed by atoms with Crippen LogP contribution in [0.3, 0.4) is 0 Å². The average molecular weight is 911 g/mol. The van der Waals surface area contributed by atoms with Gasteiger partial charge in [-0.3, -0.25) is 5.43 Å². The van der Waals surface area contributed by atoms with Gasteiger partial charge in [0.1, 0.15) is 17.2 Å². The molecule has 14 heteroatoms. The minimum Gasteiger partial charge on any atom is -0.494 e. The van der Waals surface area contributed by atoms with Crippen LogP contribution in [0.2, 0.25) is 0 Å². The van der Waals surface area contributed by atoms with Crippen molar-refractivity contribution in [2.45, 2.75) is 58.3 Å². The quantitative estimate of drug-likeness (QED) is 0.0132. The lowest BCUT2D eigenvalue weighted by Gasteiger charge is -2.16. The second kappa shape index (κ2) is 26.7. The van der Waals surface area contributed by atoms with Gasteiger partial charge in [0.15, 0.2) is 11.5 Å².